The first-order chi connectivity index (χ1) is 6.84. The summed E-state index contributed by atoms with van der Waals surface area (Å²) in [5.74, 6) is -0.471. The summed E-state index contributed by atoms with van der Waals surface area (Å²) in [6, 6.07) is 0.913. The van der Waals surface area contributed by atoms with Crippen LogP contribution in [0.3, 0.4) is 0 Å². The lowest BCUT2D eigenvalue weighted by molar-refractivity contribution is -0.141. The van der Waals surface area contributed by atoms with E-state index in [1.54, 1.807) is 6.92 Å². The monoisotopic (exact) mass is 221 g/mol. The largest absolute Gasteiger partial charge is 0.435 e. The predicted octanol–water partition coefficient (Wildman–Crippen LogP) is 1.55. The highest BCUT2D eigenvalue weighted by atomic mass is 19.4. The van der Waals surface area contributed by atoms with E-state index < -0.39 is 17.8 Å². The van der Waals surface area contributed by atoms with Gasteiger partial charge in [-0.15, -0.1) is 5.10 Å². The van der Waals surface area contributed by atoms with Gasteiger partial charge in [0.2, 0.25) is 5.91 Å². The van der Waals surface area contributed by atoms with E-state index in [9.17, 15) is 18.0 Å². The first kappa shape index (κ1) is 11.5. The third-order valence-corrected chi connectivity index (χ3v) is 1.70. The molecular formula is C8H10F3N3O. The second-order valence-electron chi connectivity index (χ2n) is 2.95. The van der Waals surface area contributed by atoms with E-state index in [1.807, 2.05) is 0 Å². The maximum Gasteiger partial charge on any atom is 0.435 e. The zero-order chi connectivity index (χ0) is 11.6. The molecule has 0 fully saturated rings. The van der Waals surface area contributed by atoms with E-state index in [0.717, 1.165) is 10.9 Å². The summed E-state index contributed by atoms with van der Waals surface area (Å²) < 4.78 is 36.8. The van der Waals surface area contributed by atoms with Gasteiger partial charge in [0.05, 0.1) is 5.69 Å². The molecule has 0 bridgehead atoms. The van der Waals surface area contributed by atoms with Crippen LogP contribution in [-0.4, -0.2) is 15.8 Å². The third kappa shape index (κ3) is 2.71. The van der Waals surface area contributed by atoms with Gasteiger partial charge in [0, 0.05) is 6.92 Å². The smallest absolute Gasteiger partial charge is 0.274 e. The van der Waals surface area contributed by atoms with Crippen molar-refractivity contribution in [2.75, 3.05) is 5.43 Å². The number of alkyl halides is 3. The van der Waals surface area contributed by atoms with Crippen LogP contribution in [0.5, 0.6) is 0 Å². The average molecular weight is 221 g/mol. The summed E-state index contributed by atoms with van der Waals surface area (Å²) in [6.07, 6.45) is -4.14. The predicted molar refractivity (Wildman–Crippen MR) is 46.6 cm³/mol. The molecule has 7 heteroatoms. The fourth-order valence-electron chi connectivity index (χ4n) is 1.06. The van der Waals surface area contributed by atoms with E-state index in [1.165, 1.54) is 6.92 Å². The lowest BCUT2D eigenvalue weighted by Gasteiger charge is -2.04. The molecule has 0 aliphatic carbocycles. The number of nitrogens with zero attached hydrogens (tertiary/aromatic N) is 2. The van der Waals surface area contributed by atoms with E-state index in [4.69, 9.17) is 0 Å². The van der Waals surface area contributed by atoms with Crippen molar-refractivity contribution in [3.63, 3.8) is 0 Å². The molecular weight excluding hydrogens is 211 g/mol. The molecule has 0 radical (unpaired) electrons. The molecule has 4 nitrogen and oxygen atoms in total. The number of hydrogen-bond acceptors (Lipinski definition) is 2. The molecule has 0 spiro atoms. The van der Waals surface area contributed by atoms with Crippen molar-refractivity contribution in [1.29, 1.82) is 0 Å². The molecule has 84 valence electrons. The van der Waals surface area contributed by atoms with Crippen molar-refractivity contribution in [2.24, 2.45) is 0 Å². The number of halogens is 3. The topological polar surface area (TPSA) is 46.9 Å². The minimum absolute atomic E-state index is 0.303. The maximum atomic E-state index is 12.3. The lowest BCUT2D eigenvalue weighted by Crippen LogP contribution is -2.23. The van der Waals surface area contributed by atoms with Gasteiger partial charge in [0.25, 0.3) is 0 Å². The van der Waals surface area contributed by atoms with Crippen LogP contribution >= 0.6 is 0 Å². The summed E-state index contributed by atoms with van der Waals surface area (Å²) >= 11 is 0. The van der Waals surface area contributed by atoms with Crippen LogP contribution in [0.1, 0.15) is 25.2 Å². The Labute approximate surface area is 84.0 Å². The van der Waals surface area contributed by atoms with E-state index in [2.05, 4.69) is 10.5 Å². The molecule has 0 atom stereocenters. The summed E-state index contributed by atoms with van der Waals surface area (Å²) in [4.78, 5) is 11.5. The maximum absolute atomic E-state index is 12.3. The number of amides is 1. The van der Waals surface area contributed by atoms with Gasteiger partial charge in [-0.2, -0.15) is 18.0 Å². The number of hydrogen-bond donors (Lipinski definition) is 1. The Morgan fingerprint density at radius 1 is 1.60 bits per heavy atom. The van der Waals surface area contributed by atoms with Crippen LogP contribution in [0.4, 0.5) is 13.2 Å². The first-order valence-corrected chi connectivity index (χ1v) is 4.28. The molecule has 15 heavy (non-hydrogen) atoms. The molecule has 0 unspecified atom stereocenters. The van der Waals surface area contributed by atoms with Crippen LogP contribution < -0.4 is 5.43 Å². The Morgan fingerprint density at radius 2 is 2.20 bits per heavy atom. The van der Waals surface area contributed by atoms with Gasteiger partial charge in [-0.3, -0.25) is 4.79 Å². The summed E-state index contributed by atoms with van der Waals surface area (Å²) in [5.41, 5.74) is 1.48. The molecule has 1 rings (SSSR count). The number of nitrogens with one attached hydrogen (secondary N) is 1. The number of rotatable bonds is 2. The SMILES string of the molecule is CCc1cc(C(F)(F)F)nn1NC(C)=O. The highest BCUT2D eigenvalue weighted by Crippen LogP contribution is 2.28. The van der Waals surface area contributed by atoms with Gasteiger partial charge in [0.15, 0.2) is 5.69 Å². The highest BCUT2D eigenvalue weighted by Gasteiger charge is 2.34. The molecule has 1 aromatic heterocycles. The zero-order valence-corrected chi connectivity index (χ0v) is 8.22. The molecule has 1 N–H and O–H groups in total. The minimum atomic E-state index is -4.49. The standard InChI is InChI=1S/C8H10F3N3O/c1-3-6-4-7(8(9,10)11)13-14(6)12-5(2)15/h4H,3H2,1-2H3,(H,12,15). The van der Waals surface area contributed by atoms with Gasteiger partial charge < -0.3 is 0 Å². The molecule has 0 aliphatic rings. The van der Waals surface area contributed by atoms with Gasteiger partial charge >= 0.3 is 6.18 Å². The molecule has 0 aromatic carbocycles. The average Bonchev–Trinajstić information content (AvgIpc) is 2.45. The van der Waals surface area contributed by atoms with Gasteiger partial charge in [-0.05, 0) is 12.5 Å². The number of aryl methyl sites for hydroxylation is 1. The van der Waals surface area contributed by atoms with Crippen molar-refractivity contribution in [3.05, 3.63) is 17.5 Å². The van der Waals surface area contributed by atoms with Gasteiger partial charge in [-0.1, -0.05) is 6.92 Å². The van der Waals surface area contributed by atoms with E-state index >= 15 is 0 Å². The van der Waals surface area contributed by atoms with E-state index in [0.29, 0.717) is 12.1 Å². The minimum Gasteiger partial charge on any atom is -0.274 e. The Balaban J connectivity index is 3.06. The quantitative estimate of drug-likeness (QED) is 0.823. The van der Waals surface area contributed by atoms with E-state index in [-0.39, 0.29) is 0 Å². The second kappa shape index (κ2) is 3.92. The Morgan fingerprint density at radius 3 is 2.60 bits per heavy atom. The van der Waals surface area contributed by atoms with Gasteiger partial charge in [-0.25, -0.2) is 5.43 Å². The Hall–Kier alpha value is -1.53. The summed E-state index contributed by atoms with van der Waals surface area (Å²) in [5, 5.41) is 3.25. The van der Waals surface area contributed by atoms with Crippen molar-refractivity contribution in [1.82, 2.24) is 9.89 Å². The first-order valence-electron chi connectivity index (χ1n) is 4.28. The van der Waals surface area contributed by atoms with Crippen molar-refractivity contribution in [2.45, 2.75) is 26.4 Å². The Kier molecular flexibility index (Phi) is 3.01. The lowest BCUT2D eigenvalue weighted by atomic mass is 10.3. The van der Waals surface area contributed by atoms with Crippen molar-refractivity contribution >= 4 is 5.91 Å². The zero-order valence-electron chi connectivity index (χ0n) is 8.22. The fourth-order valence-corrected chi connectivity index (χ4v) is 1.06. The number of carbonyl (C=O) groups is 1. The second-order valence-corrected chi connectivity index (χ2v) is 2.95. The van der Waals surface area contributed by atoms with Crippen LogP contribution in [0.25, 0.3) is 0 Å². The molecule has 0 saturated heterocycles. The van der Waals surface area contributed by atoms with Crippen LogP contribution in [0.15, 0.2) is 6.07 Å². The fraction of sp³-hybridized carbons (Fsp3) is 0.500. The number of aromatic nitrogens is 2. The van der Waals surface area contributed by atoms with Crippen LogP contribution in [0.2, 0.25) is 0 Å². The van der Waals surface area contributed by atoms with Crippen molar-refractivity contribution < 1.29 is 18.0 Å². The van der Waals surface area contributed by atoms with Crippen molar-refractivity contribution in [3.8, 4) is 0 Å². The Bertz CT molecular complexity index is 370. The molecule has 1 aromatic rings. The third-order valence-electron chi connectivity index (χ3n) is 1.70. The molecule has 0 saturated carbocycles. The number of carbonyl (C=O) groups excluding carboxylic acids is 1. The molecule has 1 heterocycles. The summed E-state index contributed by atoms with van der Waals surface area (Å²) in [7, 11) is 0. The summed E-state index contributed by atoms with van der Waals surface area (Å²) in [6.45, 7) is 2.88. The highest BCUT2D eigenvalue weighted by molar-refractivity contribution is 5.80. The van der Waals surface area contributed by atoms with Gasteiger partial charge in [0.1, 0.15) is 0 Å². The molecule has 0 aliphatic heterocycles. The molecule has 1 amide bonds. The van der Waals surface area contributed by atoms with Crippen LogP contribution in [0, 0.1) is 0 Å². The normalized spacial score (nSPS) is 11.5. The van der Waals surface area contributed by atoms with Crippen LogP contribution in [-0.2, 0) is 17.4 Å².